The summed E-state index contributed by atoms with van der Waals surface area (Å²) in [4.78, 5) is 32.5. The number of likely N-dealkylation sites (N-methyl/N-ethyl adjacent to an activating group) is 1. The van der Waals surface area contributed by atoms with Crippen molar-refractivity contribution in [1.29, 1.82) is 0 Å². The van der Waals surface area contributed by atoms with Crippen molar-refractivity contribution in [3.8, 4) is 5.75 Å². The van der Waals surface area contributed by atoms with Crippen LogP contribution in [0.4, 0.5) is 4.39 Å². The third kappa shape index (κ3) is 4.05. The van der Waals surface area contributed by atoms with Crippen LogP contribution in [0.1, 0.15) is 18.1 Å². The lowest BCUT2D eigenvalue weighted by atomic mass is 10.0. The van der Waals surface area contributed by atoms with Gasteiger partial charge in [0.2, 0.25) is 0 Å². The average Bonchev–Trinajstić information content (AvgIpc) is 3.05. The second kappa shape index (κ2) is 8.89. The summed E-state index contributed by atoms with van der Waals surface area (Å²) in [7, 11) is 1.56. The van der Waals surface area contributed by atoms with Crippen molar-refractivity contribution >= 4 is 17.4 Å². The highest BCUT2D eigenvalue weighted by Crippen LogP contribution is 2.34. The van der Waals surface area contributed by atoms with E-state index in [4.69, 9.17) is 4.74 Å². The van der Waals surface area contributed by atoms with Gasteiger partial charge in [0.1, 0.15) is 17.3 Å². The second-order valence-electron chi connectivity index (χ2n) is 7.66. The van der Waals surface area contributed by atoms with Crippen molar-refractivity contribution in [3.05, 3.63) is 71.2 Å². The quantitative estimate of drug-likeness (QED) is 0.669. The first kappa shape index (κ1) is 21.1. The van der Waals surface area contributed by atoms with Gasteiger partial charge in [-0.1, -0.05) is 37.3 Å². The molecule has 0 radical (unpaired) electrons. The molecule has 0 atom stereocenters. The fraction of sp³-hybridized carbons (Fsp3) is 0.333. The first-order valence-electron chi connectivity index (χ1n) is 10.5. The van der Waals surface area contributed by atoms with Crippen molar-refractivity contribution in [2.24, 2.45) is 0 Å². The minimum Gasteiger partial charge on any atom is -0.496 e. The topological polar surface area (TPSA) is 53.1 Å². The number of amides is 2. The van der Waals surface area contributed by atoms with E-state index in [-0.39, 0.29) is 24.2 Å². The van der Waals surface area contributed by atoms with Crippen LogP contribution in [-0.4, -0.2) is 66.3 Å². The van der Waals surface area contributed by atoms with Crippen LogP contribution in [0.25, 0.3) is 5.57 Å². The van der Waals surface area contributed by atoms with Crippen molar-refractivity contribution in [2.45, 2.75) is 13.5 Å². The van der Waals surface area contributed by atoms with Crippen molar-refractivity contribution in [1.82, 2.24) is 14.7 Å². The number of carbonyl (C=O) groups is 2. The lowest BCUT2D eigenvalue weighted by Gasteiger charge is -2.36. The number of nitrogens with zero attached hydrogens (tertiary/aromatic N) is 3. The first-order chi connectivity index (χ1) is 15.0. The Balaban J connectivity index is 1.71. The molecule has 2 heterocycles. The van der Waals surface area contributed by atoms with E-state index in [9.17, 15) is 14.0 Å². The summed E-state index contributed by atoms with van der Waals surface area (Å²) < 4.78 is 18.9. The maximum Gasteiger partial charge on any atom is 0.278 e. The van der Waals surface area contributed by atoms with Crippen molar-refractivity contribution in [2.75, 3.05) is 39.8 Å². The highest BCUT2D eigenvalue weighted by molar-refractivity contribution is 6.35. The monoisotopic (exact) mass is 423 g/mol. The molecule has 0 unspecified atom stereocenters. The first-order valence-corrected chi connectivity index (χ1v) is 10.5. The Morgan fingerprint density at radius 2 is 1.61 bits per heavy atom. The molecule has 0 saturated carbocycles. The number of imide groups is 1. The minimum absolute atomic E-state index is 0.116. The minimum atomic E-state index is -0.384. The predicted molar refractivity (Wildman–Crippen MR) is 116 cm³/mol. The van der Waals surface area contributed by atoms with Crippen molar-refractivity contribution in [3.63, 3.8) is 0 Å². The highest BCUT2D eigenvalue weighted by atomic mass is 19.1. The smallest absolute Gasteiger partial charge is 0.278 e. The molecule has 2 aliphatic heterocycles. The van der Waals surface area contributed by atoms with E-state index in [1.165, 1.54) is 17.0 Å². The molecule has 6 nitrogen and oxygen atoms in total. The zero-order valence-corrected chi connectivity index (χ0v) is 17.8. The number of methoxy groups -OCH3 is 1. The van der Waals surface area contributed by atoms with E-state index < -0.39 is 0 Å². The van der Waals surface area contributed by atoms with Gasteiger partial charge < -0.3 is 14.5 Å². The Kier molecular flexibility index (Phi) is 6.04. The van der Waals surface area contributed by atoms with Crippen LogP contribution in [-0.2, 0) is 16.1 Å². The van der Waals surface area contributed by atoms with Gasteiger partial charge in [0, 0.05) is 31.7 Å². The van der Waals surface area contributed by atoms with Gasteiger partial charge in [-0.3, -0.25) is 14.5 Å². The van der Waals surface area contributed by atoms with Gasteiger partial charge >= 0.3 is 0 Å². The molecule has 1 fully saturated rings. The standard InChI is InChI=1S/C24H26FN3O3/c1-3-26-12-14-27(15-13-26)22-21(17-8-10-19(25)11-9-17)23(29)28(24(22)30)16-18-6-4-5-7-20(18)31-2/h4-11H,3,12-16H2,1-2H3. The molecule has 0 bridgehead atoms. The van der Waals surface area contributed by atoms with Gasteiger partial charge in [0.25, 0.3) is 11.8 Å². The Hall–Kier alpha value is -3.19. The molecule has 2 aliphatic rings. The lowest BCUT2D eigenvalue weighted by molar-refractivity contribution is -0.138. The number of carbonyl (C=O) groups excluding carboxylic acids is 2. The lowest BCUT2D eigenvalue weighted by Crippen LogP contribution is -2.47. The molecular formula is C24H26FN3O3. The van der Waals surface area contributed by atoms with Crippen LogP contribution in [0.2, 0.25) is 0 Å². The molecular weight excluding hydrogens is 397 g/mol. The molecule has 0 N–H and O–H groups in total. The Morgan fingerprint density at radius 1 is 0.935 bits per heavy atom. The molecule has 0 spiro atoms. The van der Waals surface area contributed by atoms with Gasteiger partial charge in [-0.15, -0.1) is 0 Å². The predicted octanol–water partition coefficient (Wildman–Crippen LogP) is 2.75. The SMILES string of the molecule is CCN1CCN(C2=C(c3ccc(F)cc3)C(=O)N(Cc3ccccc3OC)C2=O)CC1. The number of halogens is 1. The zero-order chi connectivity index (χ0) is 22.0. The van der Waals surface area contributed by atoms with Gasteiger partial charge in [-0.05, 0) is 30.3 Å². The maximum atomic E-state index is 13.5. The van der Waals surface area contributed by atoms with Gasteiger partial charge in [0.15, 0.2) is 0 Å². The van der Waals surface area contributed by atoms with Gasteiger partial charge in [-0.2, -0.15) is 0 Å². The molecule has 4 rings (SSSR count). The fourth-order valence-electron chi connectivity index (χ4n) is 4.17. The zero-order valence-electron chi connectivity index (χ0n) is 17.8. The van der Waals surface area contributed by atoms with Gasteiger partial charge in [-0.25, -0.2) is 4.39 Å². The van der Waals surface area contributed by atoms with Crippen LogP contribution >= 0.6 is 0 Å². The van der Waals surface area contributed by atoms with E-state index in [1.807, 2.05) is 23.1 Å². The summed E-state index contributed by atoms with van der Waals surface area (Å²) in [5.74, 6) is -0.447. The highest BCUT2D eigenvalue weighted by Gasteiger charge is 2.42. The summed E-state index contributed by atoms with van der Waals surface area (Å²) >= 11 is 0. The third-order valence-electron chi connectivity index (χ3n) is 5.93. The number of piperazine rings is 1. The van der Waals surface area contributed by atoms with Crippen LogP contribution in [0.15, 0.2) is 54.2 Å². The van der Waals surface area contributed by atoms with Gasteiger partial charge in [0.05, 0.1) is 19.2 Å². The molecule has 2 aromatic carbocycles. The number of para-hydroxylation sites is 1. The van der Waals surface area contributed by atoms with Crippen LogP contribution in [0, 0.1) is 5.82 Å². The summed E-state index contributed by atoms with van der Waals surface area (Å²) in [6.07, 6.45) is 0. The summed E-state index contributed by atoms with van der Waals surface area (Å²) in [6.45, 7) is 6.15. The molecule has 0 aromatic heterocycles. The number of hydrogen-bond donors (Lipinski definition) is 0. The van der Waals surface area contributed by atoms with Crippen LogP contribution in [0.5, 0.6) is 5.75 Å². The normalized spacial score (nSPS) is 17.6. The number of hydrogen-bond acceptors (Lipinski definition) is 5. The average molecular weight is 423 g/mol. The molecule has 0 aliphatic carbocycles. The van der Waals surface area contributed by atoms with E-state index >= 15 is 0 Å². The number of rotatable bonds is 6. The summed E-state index contributed by atoms with van der Waals surface area (Å²) in [5, 5.41) is 0. The Morgan fingerprint density at radius 3 is 2.26 bits per heavy atom. The molecule has 2 aromatic rings. The van der Waals surface area contributed by atoms with E-state index in [1.54, 1.807) is 25.3 Å². The molecule has 1 saturated heterocycles. The van der Waals surface area contributed by atoms with E-state index in [0.29, 0.717) is 35.7 Å². The largest absolute Gasteiger partial charge is 0.496 e. The number of ether oxygens (including phenoxy) is 1. The molecule has 7 heteroatoms. The van der Waals surface area contributed by atoms with Crippen LogP contribution in [0.3, 0.4) is 0 Å². The molecule has 31 heavy (non-hydrogen) atoms. The van der Waals surface area contributed by atoms with E-state index in [2.05, 4.69) is 11.8 Å². The Bertz CT molecular complexity index is 1010. The molecule has 162 valence electrons. The summed E-state index contributed by atoms with van der Waals surface area (Å²) in [5.41, 5.74) is 2.05. The van der Waals surface area contributed by atoms with Crippen molar-refractivity contribution < 1.29 is 18.7 Å². The number of benzene rings is 2. The molecule has 2 amide bonds. The summed E-state index contributed by atoms with van der Waals surface area (Å²) in [6, 6.07) is 13.1. The fourth-order valence-corrected chi connectivity index (χ4v) is 4.17. The second-order valence-corrected chi connectivity index (χ2v) is 7.66. The maximum absolute atomic E-state index is 13.5. The third-order valence-corrected chi connectivity index (χ3v) is 5.93. The Labute approximate surface area is 181 Å². The van der Waals surface area contributed by atoms with Crippen LogP contribution < -0.4 is 4.74 Å². The van der Waals surface area contributed by atoms with E-state index in [0.717, 1.165) is 25.2 Å².